The third kappa shape index (κ3) is 1.72. The second kappa shape index (κ2) is 4.29. The van der Waals surface area contributed by atoms with Crippen molar-refractivity contribution in [3.63, 3.8) is 0 Å². The van der Waals surface area contributed by atoms with Crippen LogP contribution >= 0.6 is 0 Å². The minimum Gasteiger partial charge on any atom is -0.479 e. The zero-order chi connectivity index (χ0) is 14.6. The molecule has 7 heteroatoms. The largest absolute Gasteiger partial charge is 0.479 e. The van der Waals surface area contributed by atoms with Crippen molar-refractivity contribution in [2.75, 3.05) is 6.54 Å². The lowest BCUT2D eigenvalue weighted by Crippen LogP contribution is -2.54. The maximum atomic E-state index is 12.7. The number of piperidine rings is 1. The maximum Gasteiger partial charge on any atom is 0.329 e. The van der Waals surface area contributed by atoms with Crippen LogP contribution in [0.3, 0.4) is 0 Å². The lowest BCUT2D eigenvalue weighted by molar-refractivity contribution is -0.158. The summed E-state index contributed by atoms with van der Waals surface area (Å²) in [7, 11) is 0. The number of aliphatic carboxylic acids is 1. The summed E-state index contributed by atoms with van der Waals surface area (Å²) in [5, 5.41) is 17.3. The van der Waals surface area contributed by atoms with Crippen molar-refractivity contribution < 1.29 is 14.7 Å². The van der Waals surface area contributed by atoms with Crippen molar-refractivity contribution >= 4 is 11.9 Å². The number of hydrogen-bond acceptors (Lipinski definition) is 4. The van der Waals surface area contributed by atoms with E-state index in [1.54, 1.807) is 15.8 Å². The van der Waals surface area contributed by atoms with Gasteiger partial charge >= 0.3 is 5.97 Å². The lowest BCUT2D eigenvalue weighted by Gasteiger charge is -2.41. The van der Waals surface area contributed by atoms with E-state index in [4.69, 9.17) is 0 Å². The van der Waals surface area contributed by atoms with E-state index in [1.807, 2.05) is 6.20 Å². The van der Waals surface area contributed by atoms with E-state index in [-0.39, 0.29) is 23.8 Å². The van der Waals surface area contributed by atoms with Gasteiger partial charge in [0, 0.05) is 18.7 Å². The molecule has 4 rings (SSSR count). The zero-order valence-electron chi connectivity index (χ0n) is 11.7. The second-order valence-electron chi connectivity index (χ2n) is 6.47. The van der Waals surface area contributed by atoms with Crippen LogP contribution in [0.15, 0.2) is 12.4 Å². The normalized spacial score (nSPS) is 37.5. The molecule has 2 saturated carbocycles. The van der Waals surface area contributed by atoms with E-state index in [0.717, 1.165) is 25.7 Å². The number of rotatable bonds is 3. The van der Waals surface area contributed by atoms with Crippen molar-refractivity contribution in [2.45, 2.75) is 43.7 Å². The Labute approximate surface area is 121 Å². The van der Waals surface area contributed by atoms with Gasteiger partial charge in [0.1, 0.15) is 5.54 Å². The molecular weight excluding hydrogens is 272 g/mol. The first-order valence-corrected chi connectivity index (χ1v) is 7.53. The van der Waals surface area contributed by atoms with Crippen LogP contribution in [-0.4, -0.2) is 49.0 Å². The third-order valence-electron chi connectivity index (χ3n) is 5.40. The summed E-state index contributed by atoms with van der Waals surface area (Å²) in [5.41, 5.74) is -0.881. The highest BCUT2D eigenvalue weighted by Crippen LogP contribution is 2.55. The molecule has 2 aliphatic carbocycles. The number of carbonyl (C=O) groups excluding carboxylic acids is 1. The highest BCUT2D eigenvalue weighted by molar-refractivity contribution is 5.91. The number of carbonyl (C=O) groups is 2. The van der Waals surface area contributed by atoms with Crippen molar-refractivity contribution in [1.29, 1.82) is 0 Å². The molecule has 21 heavy (non-hydrogen) atoms. The van der Waals surface area contributed by atoms with Crippen LogP contribution < -0.4 is 0 Å². The van der Waals surface area contributed by atoms with Gasteiger partial charge in [0.2, 0.25) is 5.91 Å². The van der Waals surface area contributed by atoms with Crippen LogP contribution in [0.5, 0.6) is 0 Å². The Bertz CT molecular complexity index is 581. The molecule has 0 radical (unpaired) electrons. The van der Waals surface area contributed by atoms with Crippen LogP contribution in [0, 0.1) is 11.8 Å². The zero-order valence-corrected chi connectivity index (χ0v) is 11.7. The van der Waals surface area contributed by atoms with Gasteiger partial charge in [0.15, 0.2) is 0 Å². The molecule has 1 aromatic heterocycles. The highest BCUT2D eigenvalue weighted by atomic mass is 16.4. The molecule has 112 valence electrons. The predicted octanol–water partition coefficient (Wildman–Crippen LogP) is 0.695. The van der Waals surface area contributed by atoms with Crippen molar-refractivity contribution in [2.24, 2.45) is 11.8 Å². The first-order chi connectivity index (χ1) is 10.1. The van der Waals surface area contributed by atoms with Gasteiger partial charge in [-0.05, 0) is 38.0 Å². The molecular formula is C14H18N4O3. The van der Waals surface area contributed by atoms with Gasteiger partial charge < -0.3 is 10.0 Å². The van der Waals surface area contributed by atoms with Crippen LogP contribution in [-0.2, 0) is 9.59 Å². The monoisotopic (exact) mass is 290 g/mol. The number of nitrogens with zero attached hydrogens (tertiary/aromatic N) is 4. The minimum atomic E-state index is -0.881. The third-order valence-corrected chi connectivity index (χ3v) is 5.40. The summed E-state index contributed by atoms with van der Waals surface area (Å²) in [6.45, 7) is 0.589. The second-order valence-corrected chi connectivity index (χ2v) is 6.47. The fourth-order valence-corrected chi connectivity index (χ4v) is 4.01. The molecule has 7 nitrogen and oxygen atoms in total. The van der Waals surface area contributed by atoms with Crippen LogP contribution in [0.25, 0.3) is 0 Å². The van der Waals surface area contributed by atoms with Crippen LogP contribution in [0.2, 0.25) is 0 Å². The summed E-state index contributed by atoms with van der Waals surface area (Å²) in [4.78, 5) is 25.9. The Kier molecular flexibility index (Phi) is 2.61. The summed E-state index contributed by atoms with van der Waals surface area (Å²) < 4.78 is 1.78. The Morgan fingerprint density at radius 3 is 2.81 bits per heavy atom. The van der Waals surface area contributed by atoms with Crippen LogP contribution in [0.1, 0.15) is 38.1 Å². The first-order valence-electron chi connectivity index (χ1n) is 7.53. The molecule has 0 bridgehead atoms. The van der Waals surface area contributed by atoms with E-state index >= 15 is 0 Å². The molecule has 0 spiro atoms. The van der Waals surface area contributed by atoms with Gasteiger partial charge in [-0.3, -0.25) is 4.79 Å². The minimum absolute atomic E-state index is 0.0240. The van der Waals surface area contributed by atoms with E-state index in [2.05, 4.69) is 10.3 Å². The first kappa shape index (κ1) is 12.8. The maximum absolute atomic E-state index is 12.7. The van der Waals surface area contributed by atoms with Crippen LogP contribution in [0.4, 0.5) is 0 Å². The van der Waals surface area contributed by atoms with E-state index < -0.39 is 11.5 Å². The Balaban J connectivity index is 1.45. The Morgan fingerprint density at radius 2 is 2.14 bits per heavy atom. The van der Waals surface area contributed by atoms with Gasteiger partial charge in [-0.2, -0.15) is 0 Å². The Hall–Kier alpha value is -1.92. The average molecular weight is 290 g/mol. The quantitative estimate of drug-likeness (QED) is 0.885. The van der Waals surface area contributed by atoms with E-state index in [0.29, 0.717) is 13.0 Å². The van der Waals surface area contributed by atoms with Crippen molar-refractivity contribution in [3.8, 4) is 0 Å². The molecule has 1 aliphatic heterocycles. The Morgan fingerprint density at radius 1 is 1.33 bits per heavy atom. The summed E-state index contributed by atoms with van der Waals surface area (Å²) in [5.74, 6) is -0.697. The smallest absolute Gasteiger partial charge is 0.329 e. The van der Waals surface area contributed by atoms with E-state index in [1.165, 1.54) is 0 Å². The molecule has 0 unspecified atom stereocenters. The number of aromatic nitrogens is 3. The van der Waals surface area contributed by atoms with Gasteiger partial charge in [0.05, 0.1) is 12.2 Å². The molecule has 1 saturated heterocycles. The fraction of sp³-hybridized carbons (Fsp3) is 0.714. The number of likely N-dealkylation sites (tertiary alicyclic amines) is 1. The molecule has 3 fully saturated rings. The standard InChI is InChI=1S/C14H18N4O3/c19-12(9-6-11(7-9)18-5-3-15-16-18)17-4-1-2-10-8-14(10,17)13(20)21/h3,5,9-11H,1-2,4,6-8H2,(H,20,21)/t9?,10-,11?,14+/m1/s1. The van der Waals surface area contributed by atoms with Crippen molar-refractivity contribution in [3.05, 3.63) is 12.4 Å². The molecule has 3 aliphatic rings. The summed E-state index contributed by atoms with van der Waals surface area (Å²) in [6, 6.07) is 0.224. The molecule has 1 N–H and O–H groups in total. The fourth-order valence-electron chi connectivity index (χ4n) is 4.01. The molecule has 1 amide bonds. The van der Waals surface area contributed by atoms with Gasteiger partial charge in [-0.25, -0.2) is 9.48 Å². The number of amides is 1. The van der Waals surface area contributed by atoms with Gasteiger partial charge in [-0.15, -0.1) is 5.10 Å². The molecule has 2 heterocycles. The SMILES string of the molecule is O=C(C1CC(n2ccnn2)C1)N1CCC[C@@H]2C[C@@]21C(=O)O. The number of carboxylic acids is 1. The van der Waals surface area contributed by atoms with Gasteiger partial charge in [-0.1, -0.05) is 5.21 Å². The highest BCUT2D eigenvalue weighted by Gasteiger charge is 2.67. The molecule has 2 atom stereocenters. The molecule has 0 aromatic carbocycles. The van der Waals surface area contributed by atoms with Gasteiger partial charge in [0.25, 0.3) is 0 Å². The van der Waals surface area contributed by atoms with Crippen molar-refractivity contribution in [1.82, 2.24) is 19.9 Å². The average Bonchev–Trinajstić information content (AvgIpc) is 2.96. The number of carboxylic acid groups (broad SMARTS) is 1. The van der Waals surface area contributed by atoms with E-state index in [9.17, 15) is 14.7 Å². The topological polar surface area (TPSA) is 88.3 Å². The summed E-state index contributed by atoms with van der Waals surface area (Å²) >= 11 is 0. The number of hydrogen-bond donors (Lipinski definition) is 1. The predicted molar refractivity (Wildman–Crippen MR) is 71.2 cm³/mol. The summed E-state index contributed by atoms with van der Waals surface area (Å²) in [6.07, 6.45) is 7.40. The number of fused-ring (bicyclic) bond motifs is 1. The lowest BCUT2D eigenvalue weighted by atomic mass is 9.78. The molecule has 1 aromatic rings.